The zero-order valence-corrected chi connectivity index (χ0v) is 9.35. The minimum atomic E-state index is 0.593. The lowest BCUT2D eigenvalue weighted by Crippen LogP contribution is -2.24. The molecule has 0 heterocycles. The molecule has 0 aromatic rings. The Morgan fingerprint density at radius 3 is 2.17 bits per heavy atom. The van der Waals surface area contributed by atoms with Crippen LogP contribution < -0.4 is 0 Å². The van der Waals surface area contributed by atoms with Crippen LogP contribution in [0.3, 0.4) is 0 Å². The Kier molecular flexibility index (Phi) is 2.85. The molecule has 0 heteroatoms. The maximum atomic E-state index is 2.46. The predicted octanol–water partition coefficient (Wildman–Crippen LogP) is 4.10. The van der Waals surface area contributed by atoms with Crippen molar-refractivity contribution < 1.29 is 0 Å². The van der Waals surface area contributed by atoms with Crippen molar-refractivity contribution in [2.75, 3.05) is 0 Å². The molecule has 3 atom stereocenters. The Morgan fingerprint density at radius 1 is 1.25 bits per heavy atom. The second-order valence-electron chi connectivity index (χ2n) is 5.31. The van der Waals surface area contributed by atoms with Gasteiger partial charge in [-0.2, -0.15) is 0 Å². The quantitative estimate of drug-likeness (QED) is 0.582. The van der Waals surface area contributed by atoms with E-state index in [0.29, 0.717) is 5.41 Å². The van der Waals surface area contributed by atoms with Gasteiger partial charge in [0.05, 0.1) is 0 Å². The summed E-state index contributed by atoms with van der Waals surface area (Å²) in [7, 11) is 0. The maximum Gasteiger partial charge on any atom is -0.0298 e. The van der Waals surface area contributed by atoms with Gasteiger partial charge in [0.2, 0.25) is 0 Å². The van der Waals surface area contributed by atoms with E-state index in [0.717, 1.165) is 17.8 Å². The molecular formula is C12H24. The molecule has 1 rings (SSSR count). The van der Waals surface area contributed by atoms with Crippen molar-refractivity contribution in [1.82, 2.24) is 0 Å². The average molecular weight is 168 g/mol. The molecule has 0 aliphatic heterocycles. The molecule has 72 valence electrons. The Labute approximate surface area is 77.7 Å². The zero-order chi connectivity index (χ0) is 9.35. The van der Waals surface area contributed by atoms with Gasteiger partial charge in [0.1, 0.15) is 0 Å². The van der Waals surface area contributed by atoms with Crippen molar-refractivity contribution in [3.05, 3.63) is 0 Å². The average Bonchev–Trinajstić information content (AvgIpc) is 2.17. The van der Waals surface area contributed by atoms with Crippen molar-refractivity contribution in [3.8, 4) is 0 Å². The zero-order valence-electron chi connectivity index (χ0n) is 9.35. The molecule has 1 aliphatic rings. The molecule has 0 N–H and O–H groups in total. The summed E-state index contributed by atoms with van der Waals surface area (Å²) in [5, 5.41) is 0. The Morgan fingerprint density at radius 2 is 1.83 bits per heavy atom. The van der Waals surface area contributed by atoms with Crippen LogP contribution in [0.1, 0.15) is 53.9 Å². The summed E-state index contributed by atoms with van der Waals surface area (Å²) < 4.78 is 0. The molecule has 0 radical (unpaired) electrons. The largest absolute Gasteiger partial charge is 0.0654 e. The van der Waals surface area contributed by atoms with Crippen LogP contribution in [0.25, 0.3) is 0 Å². The molecule has 0 bridgehead atoms. The first-order valence-corrected chi connectivity index (χ1v) is 5.50. The summed E-state index contributed by atoms with van der Waals surface area (Å²) in [6.45, 7) is 12.1. The summed E-state index contributed by atoms with van der Waals surface area (Å²) >= 11 is 0. The maximum absolute atomic E-state index is 2.46. The molecule has 0 aromatic heterocycles. The van der Waals surface area contributed by atoms with E-state index in [4.69, 9.17) is 0 Å². The van der Waals surface area contributed by atoms with Gasteiger partial charge in [0.25, 0.3) is 0 Å². The Bertz CT molecular complexity index is 146. The van der Waals surface area contributed by atoms with Crippen LogP contribution in [0.5, 0.6) is 0 Å². The van der Waals surface area contributed by atoms with E-state index in [-0.39, 0.29) is 0 Å². The fourth-order valence-corrected chi connectivity index (χ4v) is 2.90. The highest BCUT2D eigenvalue weighted by atomic mass is 14.5. The number of hydrogen-bond acceptors (Lipinski definition) is 0. The molecule has 0 aromatic carbocycles. The molecular weight excluding hydrogens is 144 g/mol. The number of hydrogen-bond donors (Lipinski definition) is 0. The fourth-order valence-electron chi connectivity index (χ4n) is 2.90. The topological polar surface area (TPSA) is 0 Å². The number of rotatable bonds is 2. The molecule has 0 amide bonds. The Hall–Kier alpha value is 0. The van der Waals surface area contributed by atoms with Gasteiger partial charge in [-0.1, -0.05) is 47.5 Å². The van der Waals surface area contributed by atoms with Crippen molar-refractivity contribution in [3.63, 3.8) is 0 Å². The lowest BCUT2D eigenvalue weighted by Gasteiger charge is -2.31. The van der Waals surface area contributed by atoms with Crippen LogP contribution in [0.2, 0.25) is 0 Å². The van der Waals surface area contributed by atoms with Gasteiger partial charge in [0.15, 0.2) is 0 Å². The van der Waals surface area contributed by atoms with E-state index in [2.05, 4.69) is 34.6 Å². The predicted molar refractivity (Wildman–Crippen MR) is 55.1 cm³/mol. The van der Waals surface area contributed by atoms with E-state index in [1.165, 1.54) is 19.3 Å². The summed E-state index contributed by atoms with van der Waals surface area (Å²) in [4.78, 5) is 0. The molecule has 0 spiro atoms. The second kappa shape index (κ2) is 3.40. The van der Waals surface area contributed by atoms with Crippen molar-refractivity contribution in [2.24, 2.45) is 23.2 Å². The third-order valence-corrected chi connectivity index (χ3v) is 4.37. The summed E-state index contributed by atoms with van der Waals surface area (Å²) in [5.74, 6) is 2.83. The van der Waals surface area contributed by atoms with Gasteiger partial charge >= 0.3 is 0 Å². The van der Waals surface area contributed by atoms with Crippen molar-refractivity contribution in [2.45, 2.75) is 53.9 Å². The molecule has 1 saturated carbocycles. The molecule has 12 heavy (non-hydrogen) atoms. The van der Waals surface area contributed by atoms with E-state index in [1.54, 1.807) is 0 Å². The second-order valence-corrected chi connectivity index (χ2v) is 5.31. The molecule has 1 fully saturated rings. The van der Waals surface area contributed by atoms with Crippen LogP contribution >= 0.6 is 0 Å². The molecule has 0 nitrogen and oxygen atoms in total. The van der Waals surface area contributed by atoms with Gasteiger partial charge in [-0.3, -0.25) is 0 Å². The third-order valence-electron chi connectivity index (χ3n) is 4.37. The van der Waals surface area contributed by atoms with Crippen LogP contribution in [-0.2, 0) is 0 Å². The normalized spacial score (nSPS) is 40.2. The third kappa shape index (κ3) is 1.53. The fraction of sp³-hybridized carbons (Fsp3) is 1.00. The van der Waals surface area contributed by atoms with E-state index < -0.39 is 0 Å². The standard InChI is InChI=1S/C12H24/c1-6-7-11-8-9(2)10(3)12(11,4)5/h9-11H,6-8H2,1-5H3. The highest BCUT2D eigenvalue weighted by molar-refractivity contribution is 4.92. The van der Waals surface area contributed by atoms with Gasteiger partial charge in [0, 0.05) is 0 Å². The summed E-state index contributed by atoms with van der Waals surface area (Å²) in [5.41, 5.74) is 0.593. The first-order valence-electron chi connectivity index (χ1n) is 5.50. The van der Waals surface area contributed by atoms with Crippen molar-refractivity contribution >= 4 is 0 Å². The minimum Gasteiger partial charge on any atom is -0.0654 e. The van der Waals surface area contributed by atoms with E-state index in [1.807, 2.05) is 0 Å². The van der Waals surface area contributed by atoms with Crippen LogP contribution in [-0.4, -0.2) is 0 Å². The van der Waals surface area contributed by atoms with Crippen molar-refractivity contribution in [1.29, 1.82) is 0 Å². The van der Waals surface area contributed by atoms with E-state index in [9.17, 15) is 0 Å². The van der Waals surface area contributed by atoms with Gasteiger partial charge < -0.3 is 0 Å². The van der Waals surface area contributed by atoms with Crippen LogP contribution in [0.4, 0.5) is 0 Å². The first-order chi connectivity index (χ1) is 5.50. The summed E-state index contributed by atoms with van der Waals surface area (Å²) in [6.07, 6.45) is 4.25. The minimum absolute atomic E-state index is 0.593. The lowest BCUT2D eigenvalue weighted by atomic mass is 9.74. The lowest BCUT2D eigenvalue weighted by molar-refractivity contribution is 0.178. The van der Waals surface area contributed by atoms with Gasteiger partial charge in [-0.15, -0.1) is 0 Å². The molecule has 3 unspecified atom stereocenters. The Balaban J connectivity index is 2.66. The van der Waals surface area contributed by atoms with Crippen LogP contribution in [0, 0.1) is 23.2 Å². The first kappa shape index (κ1) is 10.1. The van der Waals surface area contributed by atoms with Gasteiger partial charge in [-0.25, -0.2) is 0 Å². The molecule has 1 aliphatic carbocycles. The van der Waals surface area contributed by atoms with E-state index >= 15 is 0 Å². The monoisotopic (exact) mass is 168 g/mol. The van der Waals surface area contributed by atoms with Crippen LogP contribution in [0.15, 0.2) is 0 Å². The highest BCUT2D eigenvalue weighted by Gasteiger charge is 2.43. The smallest absolute Gasteiger partial charge is 0.0298 e. The van der Waals surface area contributed by atoms with Gasteiger partial charge in [-0.05, 0) is 29.6 Å². The summed E-state index contributed by atoms with van der Waals surface area (Å²) in [6, 6.07) is 0. The SMILES string of the molecule is CCCC1CC(C)C(C)C1(C)C. The highest BCUT2D eigenvalue weighted by Crippen LogP contribution is 2.51. The molecule has 0 saturated heterocycles.